The number of halogens is 1. The van der Waals surface area contributed by atoms with Crippen LogP contribution in [-0.4, -0.2) is 56.3 Å². The molecule has 0 unspecified atom stereocenters. The van der Waals surface area contributed by atoms with Gasteiger partial charge < -0.3 is 5.32 Å². The van der Waals surface area contributed by atoms with Crippen LogP contribution in [0.2, 0.25) is 0 Å². The SMILES string of the molecule is Cc1ccc(NC(=O)CN2CCN(S(=O)(=O)c3ccc(Br)s3)CC2)cc1C. The number of piperazine rings is 1. The molecule has 1 amide bonds. The second-order valence-corrected chi connectivity index (χ2v) is 11.2. The van der Waals surface area contributed by atoms with E-state index in [9.17, 15) is 13.2 Å². The third-order valence-electron chi connectivity index (χ3n) is 4.63. The van der Waals surface area contributed by atoms with Gasteiger partial charge in [-0.05, 0) is 65.2 Å². The van der Waals surface area contributed by atoms with Gasteiger partial charge in [0, 0.05) is 31.9 Å². The lowest BCUT2D eigenvalue weighted by atomic mass is 10.1. The monoisotopic (exact) mass is 471 g/mol. The number of nitrogens with one attached hydrogen (secondary N) is 1. The lowest BCUT2D eigenvalue weighted by molar-refractivity contribution is -0.117. The van der Waals surface area contributed by atoms with Gasteiger partial charge in [-0.25, -0.2) is 8.42 Å². The minimum Gasteiger partial charge on any atom is -0.325 e. The first-order valence-corrected chi connectivity index (χ1v) is 11.7. The highest BCUT2D eigenvalue weighted by atomic mass is 79.9. The molecule has 146 valence electrons. The number of anilines is 1. The first-order chi connectivity index (χ1) is 12.8. The minimum absolute atomic E-state index is 0.0863. The standard InChI is InChI=1S/C18H22BrN3O3S2/c1-13-3-4-15(11-14(13)2)20-17(23)12-21-7-9-22(10-8-21)27(24,25)18-6-5-16(19)26-18/h3-6,11H,7-10,12H2,1-2H3,(H,20,23). The zero-order valence-corrected chi connectivity index (χ0v) is 18.5. The summed E-state index contributed by atoms with van der Waals surface area (Å²) in [7, 11) is -3.46. The highest BCUT2D eigenvalue weighted by Crippen LogP contribution is 2.28. The summed E-state index contributed by atoms with van der Waals surface area (Å²) in [5, 5.41) is 2.91. The Morgan fingerprint density at radius 1 is 1.11 bits per heavy atom. The number of thiophene rings is 1. The maximum absolute atomic E-state index is 12.6. The van der Waals surface area contributed by atoms with Gasteiger partial charge in [0.05, 0.1) is 10.3 Å². The van der Waals surface area contributed by atoms with Crippen molar-refractivity contribution in [3.05, 3.63) is 45.2 Å². The molecule has 2 aromatic rings. The van der Waals surface area contributed by atoms with Crippen LogP contribution in [0.3, 0.4) is 0 Å². The van der Waals surface area contributed by atoms with E-state index in [4.69, 9.17) is 0 Å². The molecule has 0 spiro atoms. The van der Waals surface area contributed by atoms with Crippen molar-refractivity contribution in [1.29, 1.82) is 0 Å². The van der Waals surface area contributed by atoms with Crippen molar-refractivity contribution in [2.75, 3.05) is 38.0 Å². The number of rotatable bonds is 5. The van der Waals surface area contributed by atoms with E-state index >= 15 is 0 Å². The lowest BCUT2D eigenvalue weighted by Gasteiger charge is -2.33. The van der Waals surface area contributed by atoms with Gasteiger partial charge in [0.25, 0.3) is 10.0 Å². The average Bonchev–Trinajstić information content (AvgIpc) is 3.06. The Hall–Kier alpha value is -1.26. The fraction of sp³-hybridized carbons (Fsp3) is 0.389. The Kier molecular flexibility index (Phi) is 6.37. The number of carbonyl (C=O) groups is 1. The van der Waals surface area contributed by atoms with Gasteiger partial charge in [-0.2, -0.15) is 4.31 Å². The fourth-order valence-electron chi connectivity index (χ4n) is 2.91. The summed E-state index contributed by atoms with van der Waals surface area (Å²) in [5.74, 6) is -0.0863. The van der Waals surface area contributed by atoms with Crippen LogP contribution in [0.5, 0.6) is 0 Å². The van der Waals surface area contributed by atoms with Crippen LogP contribution in [0.4, 0.5) is 5.69 Å². The second-order valence-electron chi connectivity index (χ2n) is 6.59. The molecule has 9 heteroatoms. The third kappa shape index (κ3) is 4.97. The van der Waals surface area contributed by atoms with E-state index in [0.29, 0.717) is 30.4 Å². The van der Waals surface area contributed by atoms with Gasteiger partial charge in [0.1, 0.15) is 4.21 Å². The zero-order valence-electron chi connectivity index (χ0n) is 15.2. The Bertz CT molecular complexity index is 935. The molecule has 0 aliphatic carbocycles. The number of hydrogen-bond donors (Lipinski definition) is 1. The molecule has 3 rings (SSSR count). The number of benzene rings is 1. The average molecular weight is 472 g/mol. The second kappa shape index (κ2) is 8.40. The first-order valence-electron chi connectivity index (χ1n) is 8.60. The number of aryl methyl sites for hydroxylation is 2. The van der Waals surface area contributed by atoms with E-state index in [1.54, 1.807) is 12.1 Å². The largest absolute Gasteiger partial charge is 0.325 e. The van der Waals surface area contributed by atoms with Crippen molar-refractivity contribution in [2.24, 2.45) is 0 Å². The van der Waals surface area contributed by atoms with Crippen LogP contribution in [0.25, 0.3) is 0 Å². The smallest absolute Gasteiger partial charge is 0.252 e. The number of amides is 1. The minimum atomic E-state index is -3.46. The van der Waals surface area contributed by atoms with E-state index < -0.39 is 10.0 Å². The molecule has 27 heavy (non-hydrogen) atoms. The summed E-state index contributed by atoms with van der Waals surface area (Å²) in [6.07, 6.45) is 0. The predicted octanol–water partition coefficient (Wildman–Crippen LogP) is 3.07. The molecular formula is C18H22BrN3O3S2. The molecular weight excluding hydrogens is 450 g/mol. The van der Waals surface area contributed by atoms with Gasteiger partial charge in [-0.15, -0.1) is 11.3 Å². The summed E-state index contributed by atoms with van der Waals surface area (Å²) in [5.41, 5.74) is 3.10. The van der Waals surface area contributed by atoms with Crippen molar-refractivity contribution < 1.29 is 13.2 Å². The van der Waals surface area contributed by atoms with Crippen molar-refractivity contribution in [3.8, 4) is 0 Å². The zero-order chi connectivity index (χ0) is 19.6. The third-order valence-corrected chi connectivity index (χ3v) is 8.62. The van der Waals surface area contributed by atoms with Gasteiger partial charge in [0.15, 0.2) is 0 Å². The van der Waals surface area contributed by atoms with E-state index in [0.717, 1.165) is 15.0 Å². The maximum atomic E-state index is 12.6. The van der Waals surface area contributed by atoms with E-state index in [2.05, 4.69) is 21.2 Å². The van der Waals surface area contributed by atoms with Crippen LogP contribution in [0.15, 0.2) is 38.3 Å². The van der Waals surface area contributed by atoms with Crippen molar-refractivity contribution in [3.63, 3.8) is 0 Å². The Morgan fingerprint density at radius 3 is 2.41 bits per heavy atom. The molecule has 1 N–H and O–H groups in total. The van der Waals surface area contributed by atoms with Crippen LogP contribution in [0.1, 0.15) is 11.1 Å². The number of carbonyl (C=O) groups excluding carboxylic acids is 1. The molecule has 0 saturated carbocycles. The molecule has 0 atom stereocenters. The number of nitrogens with zero attached hydrogens (tertiary/aromatic N) is 2. The molecule has 1 aromatic heterocycles. The predicted molar refractivity (Wildman–Crippen MR) is 112 cm³/mol. The highest BCUT2D eigenvalue weighted by molar-refractivity contribution is 9.11. The van der Waals surface area contributed by atoms with Crippen LogP contribution in [0, 0.1) is 13.8 Å². The van der Waals surface area contributed by atoms with Crippen molar-refractivity contribution >= 4 is 48.9 Å². The summed E-state index contributed by atoms with van der Waals surface area (Å²) in [6, 6.07) is 9.19. The van der Waals surface area contributed by atoms with Gasteiger partial charge >= 0.3 is 0 Å². The summed E-state index contributed by atoms with van der Waals surface area (Å²) in [6.45, 7) is 6.13. The van der Waals surface area contributed by atoms with Gasteiger partial charge in [-0.1, -0.05) is 6.07 Å². The molecule has 1 aromatic carbocycles. The maximum Gasteiger partial charge on any atom is 0.252 e. The summed E-state index contributed by atoms with van der Waals surface area (Å²) >= 11 is 4.52. The fourth-order valence-corrected chi connectivity index (χ4v) is 6.50. The van der Waals surface area contributed by atoms with Crippen LogP contribution >= 0.6 is 27.3 Å². The molecule has 1 aliphatic rings. The molecule has 6 nitrogen and oxygen atoms in total. The van der Waals surface area contributed by atoms with Gasteiger partial charge in [0.2, 0.25) is 5.91 Å². The first kappa shape index (κ1) is 20.5. The molecule has 0 bridgehead atoms. The molecule has 2 heterocycles. The molecule has 0 radical (unpaired) electrons. The summed E-state index contributed by atoms with van der Waals surface area (Å²) < 4.78 is 27.9. The van der Waals surface area contributed by atoms with E-state index in [-0.39, 0.29) is 12.5 Å². The van der Waals surface area contributed by atoms with Gasteiger partial charge in [-0.3, -0.25) is 9.69 Å². The normalized spacial score (nSPS) is 16.4. The molecule has 1 saturated heterocycles. The molecule has 1 fully saturated rings. The lowest BCUT2D eigenvalue weighted by Crippen LogP contribution is -2.50. The Balaban J connectivity index is 1.53. The van der Waals surface area contributed by atoms with E-state index in [1.165, 1.54) is 21.2 Å². The van der Waals surface area contributed by atoms with Crippen LogP contribution in [-0.2, 0) is 14.8 Å². The summed E-state index contributed by atoms with van der Waals surface area (Å²) in [4.78, 5) is 14.3. The van der Waals surface area contributed by atoms with E-state index in [1.807, 2.05) is 36.9 Å². The Labute approximate surface area is 172 Å². The van der Waals surface area contributed by atoms with Crippen LogP contribution < -0.4 is 5.32 Å². The highest BCUT2D eigenvalue weighted by Gasteiger charge is 2.30. The molecule has 1 aliphatic heterocycles. The number of sulfonamides is 1. The quantitative estimate of drug-likeness (QED) is 0.727. The Morgan fingerprint density at radius 2 is 1.81 bits per heavy atom. The topological polar surface area (TPSA) is 69.7 Å². The number of hydrogen-bond acceptors (Lipinski definition) is 5. The van der Waals surface area contributed by atoms with Crippen molar-refractivity contribution in [1.82, 2.24) is 9.21 Å². The van der Waals surface area contributed by atoms with Crippen molar-refractivity contribution in [2.45, 2.75) is 18.1 Å².